The molecule has 0 aromatic heterocycles. The Balaban J connectivity index is 2.90. The van der Waals surface area contributed by atoms with E-state index in [9.17, 15) is 13.6 Å². The molecule has 0 heterocycles. The maximum atomic E-state index is 13.4. The Bertz CT molecular complexity index is 536. The molecule has 0 atom stereocenters. The van der Waals surface area contributed by atoms with Gasteiger partial charge in [0.15, 0.2) is 0 Å². The molecule has 1 aromatic carbocycles. The van der Waals surface area contributed by atoms with Gasteiger partial charge in [-0.15, -0.1) is 0 Å². The number of nitrogens with zero attached hydrogens (tertiary/aromatic N) is 2. The van der Waals surface area contributed by atoms with Gasteiger partial charge in [0.05, 0.1) is 0 Å². The molecule has 1 rings (SSSR count). The summed E-state index contributed by atoms with van der Waals surface area (Å²) >= 11 is 0. The van der Waals surface area contributed by atoms with Gasteiger partial charge in [0.2, 0.25) is 0 Å². The van der Waals surface area contributed by atoms with Crippen LogP contribution in [0.3, 0.4) is 0 Å². The summed E-state index contributed by atoms with van der Waals surface area (Å²) in [5, 5.41) is 17.7. The van der Waals surface area contributed by atoms with Crippen molar-refractivity contribution in [1.82, 2.24) is 4.90 Å². The number of carbonyl (C=O) groups is 1. The first-order valence-corrected chi connectivity index (χ1v) is 6.05. The van der Waals surface area contributed by atoms with E-state index in [0.717, 1.165) is 12.1 Å². The predicted molar refractivity (Wildman–Crippen MR) is 69.3 cm³/mol. The van der Waals surface area contributed by atoms with Crippen LogP contribution in [0.4, 0.5) is 13.6 Å². The molecule has 0 unspecified atom stereocenters. The summed E-state index contributed by atoms with van der Waals surface area (Å²) in [6, 6.07) is 3.56. The molecule has 6 heteroatoms. The van der Waals surface area contributed by atoms with Crippen molar-refractivity contribution < 1.29 is 18.7 Å². The lowest BCUT2D eigenvalue weighted by atomic mass is 10.0. The van der Waals surface area contributed by atoms with Gasteiger partial charge in [-0.25, -0.2) is 13.6 Å². The van der Waals surface area contributed by atoms with Crippen molar-refractivity contribution in [2.24, 2.45) is 0 Å². The lowest BCUT2D eigenvalue weighted by Gasteiger charge is -2.33. The molecule has 1 amide bonds. The van der Waals surface area contributed by atoms with Gasteiger partial charge in [-0.05, 0) is 44.9 Å². The highest BCUT2D eigenvalue weighted by molar-refractivity contribution is 5.66. The van der Waals surface area contributed by atoms with Crippen LogP contribution in [0.1, 0.15) is 31.9 Å². The minimum atomic E-state index is -1.09. The van der Waals surface area contributed by atoms with Gasteiger partial charge in [-0.3, -0.25) is 0 Å². The second-order valence-corrected chi connectivity index (χ2v) is 5.40. The van der Waals surface area contributed by atoms with E-state index >= 15 is 0 Å². The van der Waals surface area contributed by atoms with E-state index in [1.165, 1.54) is 11.0 Å². The Morgan fingerprint density at radius 2 is 1.85 bits per heavy atom. The first-order valence-electron chi connectivity index (χ1n) is 6.05. The molecule has 1 aromatic rings. The van der Waals surface area contributed by atoms with E-state index < -0.39 is 28.8 Å². The maximum Gasteiger partial charge on any atom is 0.407 e. The summed E-state index contributed by atoms with van der Waals surface area (Å²) in [6.45, 7) is 5.33. The molecule has 0 saturated carbocycles. The number of amides is 1. The van der Waals surface area contributed by atoms with Crippen LogP contribution in [-0.2, 0) is 6.42 Å². The molecule has 0 spiro atoms. The van der Waals surface area contributed by atoms with Crippen molar-refractivity contribution in [3.05, 3.63) is 34.9 Å². The lowest BCUT2D eigenvalue weighted by Crippen LogP contribution is -2.45. The Labute approximate surface area is 116 Å². The van der Waals surface area contributed by atoms with Gasteiger partial charge in [0.25, 0.3) is 0 Å². The van der Waals surface area contributed by atoms with Crippen LogP contribution in [-0.4, -0.2) is 28.2 Å². The topological polar surface area (TPSA) is 64.3 Å². The van der Waals surface area contributed by atoms with Crippen molar-refractivity contribution in [3.8, 4) is 6.07 Å². The number of hydrogen-bond acceptors (Lipinski definition) is 2. The Kier molecular flexibility index (Phi) is 4.66. The van der Waals surface area contributed by atoms with Crippen LogP contribution < -0.4 is 0 Å². The van der Waals surface area contributed by atoms with Gasteiger partial charge in [0, 0.05) is 12.1 Å². The highest BCUT2D eigenvalue weighted by Gasteiger charge is 2.25. The molecule has 4 nitrogen and oxygen atoms in total. The molecule has 0 bridgehead atoms. The predicted octanol–water partition coefficient (Wildman–Crippen LogP) is 3.16. The third-order valence-corrected chi connectivity index (χ3v) is 2.88. The first kappa shape index (κ1) is 15.9. The molecule has 0 aliphatic carbocycles. The minimum absolute atomic E-state index is 0.115. The van der Waals surface area contributed by atoms with Gasteiger partial charge in [-0.1, -0.05) is 0 Å². The molecule has 0 radical (unpaired) electrons. The zero-order valence-electron chi connectivity index (χ0n) is 11.6. The van der Waals surface area contributed by atoms with Crippen molar-refractivity contribution in [2.75, 3.05) is 6.54 Å². The van der Waals surface area contributed by atoms with Crippen molar-refractivity contribution in [1.29, 1.82) is 5.26 Å². The molecular formula is C14H16F2N2O2. The molecule has 108 valence electrons. The summed E-state index contributed by atoms with van der Waals surface area (Å²) in [7, 11) is 0. The summed E-state index contributed by atoms with van der Waals surface area (Å²) in [6.07, 6.45) is -0.921. The van der Waals surface area contributed by atoms with Crippen molar-refractivity contribution >= 4 is 6.09 Å². The fourth-order valence-corrected chi connectivity index (χ4v) is 1.84. The fraction of sp³-hybridized carbons (Fsp3) is 0.429. The van der Waals surface area contributed by atoms with Crippen LogP contribution in [0.15, 0.2) is 12.1 Å². The number of halogens is 2. The molecule has 0 aliphatic heterocycles. The summed E-state index contributed by atoms with van der Waals surface area (Å²) in [4.78, 5) is 12.3. The fourth-order valence-electron chi connectivity index (χ4n) is 1.84. The van der Waals surface area contributed by atoms with E-state index in [-0.39, 0.29) is 13.0 Å². The van der Waals surface area contributed by atoms with Gasteiger partial charge in [-0.2, -0.15) is 5.26 Å². The summed E-state index contributed by atoms with van der Waals surface area (Å²) < 4.78 is 26.9. The molecular weight excluding hydrogens is 266 g/mol. The highest BCUT2D eigenvalue weighted by Crippen LogP contribution is 2.18. The number of nitriles is 1. The van der Waals surface area contributed by atoms with Crippen molar-refractivity contribution in [2.45, 2.75) is 32.7 Å². The number of carboxylic acid groups (broad SMARTS) is 1. The average Bonchev–Trinajstić information content (AvgIpc) is 2.26. The van der Waals surface area contributed by atoms with Crippen LogP contribution in [0.5, 0.6) is 0 Å². The number of rotatable bonds is 3. The molecule has 0 saturated heterocycles. The third-order valence-electron chi connectivity index (χ3n) is 2.88. The molecule has 0 fully saturated rings. The second kappa shape index (κ2) is 5.87. The second-order valence-electron chi connectivity index (χ2n) is 5.40. The number of hydrogen-bond donors (Lipinski definition) is 1. The standard InChI is InChI=1S/C14H16F2N2O2/c1-14(2,3)18(13(19)20)5-4-9-6-11(15)10(8-17)12(16)7-9/h6-7H,4-5H2,1-3H3,(H,19,20). The van der Waals surface area contributed by atoms with Gasteiger partial charge >= 0.3 is 6.09 Å². The number of benzene rings is 1. The maximum absolute atomic E-state index is 13.4. The van der Waals surface area contributed by atoms with E-state index in [4.69, 9.17) is 10.4 Å². The van der Waals surface area contributed by atoms with Gasteiger partial charge in [0.1, 0.15) is 23.3 Å². The highest BCUT2D eigenvalue weighted by atomic mass is 19.1. The molecule has 20 heavy (non-hydrogen) atoms. The van der Waals surface area contributed by atoms with E-state index in [0.29, 0.717) is 5.56 Å². The Morgan fingerprint density at radius 3 is 2.20 bits per heavy atom. The summed E-state index contributed by atoms with van der Waals surface area (Å²) in [5.74, 6) is -1.86. The first-order chi connectivity index (χ1) is 9.16. The molecule has 0 aliphatic rings. The van der Waals surface area contributed by atoms with E-state index in [1.54, 1.807) is 20.8 Å². The van der Waals surface area contributed by atoms with E-state index in [2.05, 4.69) is 0 Å². The zero-order chi connectivity index (χ0) is 15.5. The quantitative estimate of drug-likeness (QED) is 0.926. The minimum Gasteiger partial charge on any atom is -0.465 e. The van der Waals surface area contributed by atoms with Crippen LogP contribution in [0.25, 0.3) is 0 Å². The van der Waals surface area contributed by atoms with Crippen LogP contribution >= 0.6 is 0 Å². The van der Waals surface area contributed by atoms with Crippen LogP contribution in [0, 0.1) is 23.0 Å². The Hall–Kier alpha value is -2.16. The zero-order valence-corrected chi connectivity index (χ0v) is 11.6. The lowest BCUT2D eigenvalue weighted by molar-refractivity contribution is 0.101. The Morgan fingerprint density at radius 1 is 1.35 bits per heavy atom. The van der Waals surface area contributed by atoms with Crippen molar-refractivity contribution in [3.63, 3.8) is 0 Å². The normalized spacial score (nSPS) is 11.0. The van der Waals surface area contributed by atoms with E-state index in [1.807, 2.05) is 0 Å². The average molecular weight is 282 g/mol. The monoisotopic (exact) mass is 282 g/mol. The third kappa shape index (κ3) is 3.67. The SMILES string of the molecule is CC(C)(C)N(CCc1cc(F)c(C#N)c(F)c1)C(=O)O. The smallest absolute Gasteiger partial charge is 0.407 e. The molecule has 1 N–H and O–H groups in total. The largest absolute Gasteiger partial charge is 0.465 e. The summed E-state index contributed by atoms with van der Waals surface area (Å²) in [5.41, 5.74) is -0.913. The van der Waals surface area contributed by atoms with Crippen LogP contribution in [0.2, 0.25) is 0 Å². The van der Waals surface area contributed by atoms with Gasteiger partial charge < -0.3 is 10.0 Å².